The molecule has 180 valence electrons. The van der Waals surface area contributed by atoms with Gasteiger partial charge < -0.3 is 10.5 Å². The molecule has 1 unspecified atom stereocenters. The lowest BCUT2D eigenvalue weighted by molar-refractivity contribution is -0.147. The second-order valence-corrected chi connectivity index (χ2v) is 10.0. The van der Waals surface area contributed by atoms with Gasteiger partial charge in [-0.3, -0.25) is 4.18 Å². The highest BCUT2D eigenvalue weighted by Gasteiger charge is 2.15. The van der Waals surface area contributed by atoms with Gasteiger partial charge in [-0.1, -0.05) is 104 Å². The molecule has 30 heavy (non-hydrogen) atoms. The first kappa shape index (κ1) is 29.3. The summed E-state index contributed by atoms with van der Waals surface area (Å²) < 4.78 is 32.3. The first-order valence-corrected chi connectivity index (χ1v) is 13.8. The van der Waals surface area contributed by atoms with Crippen molar-refractivity contribution < 1.29 is 22.1 Å². The van der Waals surface area contributed by atoms with Crippen LogP contribution in [0.3, 0.4) is 0 Å². The van der Waals surface area contributed by atoms with Crippen LogP contribution < -0.4 is 5.73 Å². The van der Waals surface area contributed by atoms with E-state index in [0.717, 1.165) is 25.7 Å². The van der Waals surface area contributed by atoms with Crippen molar-refractivity contribution in [1.82, 2.24) is 0 Å². The van der Waals surface area contributed by atoms with Crippen LogP contribution in [0, 0.1) is 5.92 Å². The molecule has 0 aliphatic rings. The van der Waals surface area contributed by atoms with E-state index in [0.29, 0.717) is 12.5 Å². The highest BCUT2D eigenvalue weighted by atomic mass is 32.2. The summed E-state index contributed by atoms with van der Waals surface area (Å²) >= 11 is 0. The molecule has 7 heteroatoms. The zero-order valence-corrected chi connectivity index (χ0v) is 20.4. The predicted molar refractivity (Wildman–Crippen MR) is 124 cm³/mol. The number of nitrogens with two attached hydrogens (primary N) is 1. The lowest BCUT2D eigenvalue weighted by Gasteiger charge is -2.17. The summed E-state index contributed by atoms with van der Waals surface area (Å²) in [5.41, 5.74) is 5.06. The molecule has 0 rings (SSSR count). The van der Waals surface area contributed by atoms with Crippen LogP contribution in [0.25, 0.3) is 0 Å². The minimum Gasteiger partial charge on any atom is -0.464 e. The molecule has 0 saturated heterocycles. The molecule has 0 amide bonds. The summed E-state index contributed by atoms with van der Waals surface area (Å²) in [5, 5.41) is 0. The Morgan fingerprint density at radius 1 is 0.767 bits per heavy atom. The van der Waals surface area contributed by atoms with Crippen LogP contribution in [0.4, 0.5) is 0 Å². The Balaban J connectivity index is 4.15. The third-order valence-corrected chi connectivity index (χ3v) is 6.36. The maximum absolute atomic E-state index is 11.8. The Hall–Kier alpha value is -0.660. The van der Waals surface area contributed by atoms with E-state index in [1.165, 1.54) is 77.0 Å². The Kier molecular flexibility index (Phi) is 19.8. The van der Waals surface area contributed by atoms with Crippen molar-refractivity contribution in [3.8, 4) is 0 Å². The summed E-state index contributed by atoms with van der Waals surface area (Å²) in [6.07, 6.45) is 19.8. The third kappa shape index (κ3) is 19.3. The van der Waals surface area contributed by atoms with Gasteiger partial charge >= 0.3 is 5.97 Å². The quantitative estimate of drug-likeness (QED) is 0.130. The van der Waals surface area contributed by atoms with Crippen molar-refractivity contribution >= 4 is 16.1 Å². The van der Waals surface area contributed by atoms with E-state index in [9.17, 15) is 13.2 Å². The van der Waals surface area contributed by atoms with Crippen LogP contribution in [0.1, 0.15) is 117 Å². The Morgan fingerprint density at radius 2 is 1.20 bits per heavy atom. The normalized spacial score (nSPS) is 12.8. The maximum atomic E-state index is 11.8. The second kappa shape index (κ2) is 20.3. The van der Waals surface area contributed by atoms with E-state index in [2.05, 4.69) is 18.0 Å². The molecular formula is C23H47NO5S. The fourth-order valence-corrected chi connectivity index (χ4v) is 3.90. The number of hydrogen-bond donors (Lipinski definition) is 1. The van der Waals surface area contributed by atoms with Crippen LogP contribution >= 0.6 is 0 Å². The zero-order chi connectivity index (χ0) is 22.5. The van der Waals surface area contributed by atoms with E-state index >= 15 is 0 Å². The van der Waals surface area contributed by atoms with Crippen LogP contribution in [-0.4, -0.2) is 33.5 Å². The molecule has 0 saturated carbocycles. The molecule has 0 fully saturated rings. The number of esters is 1. The Labute approximate surface area is 185 Å². The molecule has 0 bridgehead atoms. The van der Waals surface area contributed by atoms with Gasteiger partial charge in [-0.15, -0.1) is 0 Å². The lowest BCUT2D eigenvalue weighted by atomic mass is 9.94. The summed E-state index contributed by atoms with van der Waals surface area (Å²) in [4.78, 5) is 11.8. The topological polar surface area (TPSA) is 95.7 Å². The summed E-state index contributed by atoms with van der Waals surface area (Å²) in [6, 6.07) is 0. The van der Waals surface area contributed by atoms with Gasteiger partial charge in [0, 0.05) is 0 Å². The number of carbonyl (C=O) groups excluding carboxylic acids is 1. The second-order valence-electron chi connectivity index (χ2n) is 8.36. The number of ether oxygens (including phenoxy) is 1. The molecule has 0 aliphatic heterocycles. The average molecular weight is 450 g/mol. The monoisotopic (exact) mass is 449 g/mol. The zero-order valence-electron chi connectivity index (χ0n) is 19.5. The molecule has 0 aromatic heterocycles. The van der Waals surface area contributed by atoms with Crippen molar-refractivity contribution in [2.45, 2.75) is 117 Å². The van der Waals surface area contributed by atoms with Crippen molar-refractivity contribution in [1.29, 1.82) is 0 Å². The van der Waals surface area contributed by atoms with E-state index in [1.807, 2.05) is 0 Å². The van der Waals surface area contributed by atoms with E-state index in [-0.39, 0.29) is 0 Å². The SMILES string of the molecule is CCCCCCCCCCC(CCCCCCCC)COC(=O)COS(=O)(=O)CN. The molecule has 1 atom stereocenters. The fourth-order valence-electron chi connectivity index (χ4n) is 3.53. The molecule has 0 aromatic rings. The van der Waals surface area contributed by atoms with Gasteiger partial charge in [0.25, 0.3) is 10.1 Å². The molecular weight excluding hydrogens is 402 g/mol. The van der Waals surface area contributed by atoms with Gasteiger partial charge in [0.1, 0.15) is 5.88 Å². The van der Waals surface area contributed by atoms with E-state index in [1.54, 1.807) is 0 Å². The van der Waals surface area contributed by atoms with Crippen LogP contribution in [0.5, 0.6) is 0 Å². The van der Waals surface area contributed by atoms with Gasteiger partial charge in [0.05, 0.1) is 6.61 Å². The molecule has 0 radical (unpaired) electrons. The molecule has 0 aliphatic carbocycles. The van der Waals surface area contributed by atoms with Gasteiger partial charge in [0.2, 0.25) is 0 Å². The average Bonchev–Trinajstić information content (AvgIpc) is 2.74. The molecule has 0 spiro atoms. The standard InChI is InChI=1S/C23H47NO5S/c1-3-5-7-9-11-12-14-16-18-22(17-15-13-10-8-6-4-2)19-28-23(25)20-29-30(26,27)21-24/h22H,3-21,24H2,1-2H3. The smallest absolute Gasteiger partial charge is 0.333 e. The van der Waals surface area contributed by atoms with Gasteiger partial charge in [-0.25, -0.2) is 4.79 Å². The molecule has 6 nitrogen and oxygen atoms in total. The van der Waals surface area contributed by atoms with Crippen LogP contribution in [-0.2, 0) is 23.8 Å². The summed E-state index contributed by atoms with van der Waals surface area (Å²) in [6.45, 7) is 4.20. The van der Waals surface area contributed by atoms with Crippen LogP contribution in [0.15, 0.2) is 0 Å². The maximum Gasteiger partial charge on any atom is 0.333 e. The number of rotatable bonds is 22. The van der Waals surface area contributed by atoms with Gasteiger partial charge in [0.15, 0.2) is 6.61 Å². The van der Waals surface area contributed by atoms with Crippen LogP contribution in [0.2, 0.25) is 0 Å². The van der Waals surface area contributed by atoms with Crippen molar-refractivity contribution in [2.24, 2.45) is 11.7 Å². The number of hydrogen-bond acceptors (Lipinski definition) is 6. The molecule has 0 heterocycles. The highest BCUT2D eigenvalue weighted by Crippen LogP contribution is 2.20. The summed E-state index contributed by atoms with van der Waals surface area (Å²) in [7, 11) is -3.83. The predicted octanol–water partition coefficient (Wildman–Crippen LogP) is 5.69. The minimum atomic E-state index is -3.83. The number of carbonyl (C=O) groups is 1. The number of unbranched alkanes of at least 4 members (excludes halogenated alkanes) is 12. The fraction of sp³-hybridized carbons (Fsp3) is 0.957. The van der Waals surface area contributed by atoms with Gasteiger partial charge in [-0.2, -0.15) is 8.42 Å². The molecule has 0 aromatic carbocycles. The van der Waals surface area contributed by atoms with Crippen molar-refractivity contribution in [2.75, 3.05) is 19.1 Å². The first-order valence-electron chi connectivity index (χ1n) is 12.2. The van der Waals surface area contributed by atoms with Crippen molar-refractivity contribution in [3.05, 3.63) is 0 Å². The van der Waals surface area contributed by atoms with E-state index < -0.39 is 28.6 Å². The Morgan fingerprint density at radius 3 is 1.63 bits per heavy atom. The van der Waals surface area contributed by atoms with E-state index in [4.69, 9.17) is 10.5 Å². The Bertz CT molecular complexity index is 496. The minimum absolute atomic E-state index is 0.339. The molecule has 2 N–H and O–H groups in total. The first-order chi connectivity index (χ1) is 14.4. The summed E-state index contributed by atoms with van der Waals surface area (Å²) in [5.74, 6) is -0.943. The van der Waals surface area contributed by atoms with Gasteiger partial charge in [-0.05, 0) is 18.8 Å². The largest absolute Gasteiger partial charge is 0.464 e. The van der Waals surface area contributed by atoms with Crippen molar-refractivity contribution in [3.63, 3.8) is 0 Å². The lowest BCUT2D eigenvalue weighted by Crippen LogP contribution is -2.23. The highest BCUT2D eigenvalue weighted by molar-refractivity contribution is 7.86. The third-order valence-electron chi connectivity index (χ3n) is 5.47.